The van der Waals surface area contributed by atoms with E-state index in [2.05, 4.69) is 11.9 Å². The maximum absolute atomic E-state index is 12.3. The number of hydrogen-bond acceptors (Lipinski definition) is 4. The molecule has 1 aliphatic rings. The molecule has 0 bridgehead atoms. The predicted octanol–water partition coefficient (Wildman–Crippen LogP) is 2.79. The van der Waals surface area contributed by atoms with Crippen LogP contribution in [-0.2, 0) is 6.42 Å². The monoisotopic (exact) mass is 255 g/mol. The van der Waals surface area contributed by atoms with Crippen molar-refractivity contribution in [2.75, 3.05) is 0 Å². The van der Waals surface area contributed by atoms with E-state index in [-0.39, 0.29) is 23.0 Å². The number of nitrogens with zero attached hydrogens (tertiary/aromatic N) is 1. The largest absolute Gasteiger partial charge is 0.436 e. The minimum atomic E-state index is -0.250. The van der Waals surface area contributed by atoms with Crippen LogP contribution in [0.2, 0.25) is 0 Å². The van der Waals surface area contributed by atoms with E-state index >= 15 is 0 Å². The number of unbranched alkanes of at least 4 members (excludes halogenated alkanes) is 1. The molecule has 3 rings (SSSR count). The van der Waals surface area contributed by atoms with Crippen molar-refractivity contribution in [3.05, 3.63) is 52.7 Å². The maximum atomic E-state index is 12.3. The fourth-order valence-corrected chi connectivity index (χ4v) is 2.24. The van der Waals surface area contributed by atoms with E-state index in [9.17, 15) is 9.59 Å². The Bertz CT molecular complexity index is 617. The van der Waals surface area contributed by atoms with Crippen molar-refractivity contribution >= 4 is 11.6 Å². The number of aryl methyl sites for hydroxylation is 1. The fourth-order valence-electron chi connectivity index (χ4n) is 2.24. The highest BCUT2D eigenvalue weighted by Gasteiger charge is 2.34. The molecule has 0 radical (unpaired) electrons. The van der Waals surface area contributed by atoms with E-state index in [1.54, 1.807) is 24.3 Å². The molecule has 0 saturated carbocycles. The van der Waals surface area contributed by atoms with Crippen LogP contribution in [0, 0.1) is 0 Å². The second-order valence-corrected chi connectivity index (χ2v) is 4.59. The Hall–Kier alpha value is -2.23. The van der Waals surface area contributed by atoms with Gasteiger partial charge in [-0.3, -0.25) is 9.59 Å². The van der Waals surface area contributed by atoms with Crippen LogP contribution in [-0.4, -0.2) is 16.6 Å². The van der Waals surface area contributed by atoms with Gasteiger partial charge in [0, 0.05) is 17.5 Å². The second kappa shape index (κ2) is 4.46. The number of fused-ring (bicyclic) bond motifs is 2. The number of carbonyl (C=O) groups is 2. The van der Waals surface area contributed by atoms with Gasteiger partial charge in [0.15, 0.2) is 11.6 Å². The third-order valence-electron chi connectivity index (χ3n) is 3.25. The van der Waals surface area contributed by atoms with E-state index in [4.69, 9.17) is 4.42 Å². The molecule has 19 heavy (non-hydrogen) atoms. The van der Waals surface area contributed by atoms with Crippen LogP contribution < -0.4 is 0 Å². The molecule has 0 saturated heterocycles. The summed E-state index contributed by atoms with van der Waals surface area (Å²) in [5.74, 6) is 0.0910. The van der Waals surface area contributed by atoms with Crippen molar-refractivity contribution in [3.8, 4) is 0 Å². The van der Waals surface area contributed by atoms with Gasteiger partial charge in [0.05, 0.1) is 0 Å². The number of oxazole rings is 1. The summed E-state index contributed by atoms with van der Waals surface area (Å²) in [5.41, 5.74) is 0.975. The summed E-state index contributed by atoms with van der Waals surface area (Å²) in [6, 6.07) is 6.78. The minimum Gasteiger partial charge on any atom is -0.436 e. The molecule has 96 valence electrons. The lowest BCUT2D eigenvalue weighted by molar-refractivity contribution is 0.0958. The lowest BCUT2D eigenvalue weighted by Gasteiger charge is -2.10. The molecule has 4 nitrogen and oxygen atoms in total. The highest BCUT2D eigenvalue weighted by atomic mass is 16.4. The number of aromatic nitrogens is 1. The van der Waals surface area contributed by atoms with Gasteiger partial charge in [-0.15, -0.1) is 0 Å². The van der Waals surface area contributed by atoms with Crippen LogP contribution in [0.1, 0.15) is 57.8 Å². The molecule has 0 amide bonds. The van der Waals surface area contributed by atoms with E-state index in [1.807, 2.05) is 0 Å². The zero-order valence-electron chi connectivity index (χ0n) is 10.6. The Labute approximate surface area is 110 Å². The average Bonchev–Trinajstić information content (AvgIpc) is 2.87. The molecule has 4 heteroatoms. The molecule has 1 aromatic carbocycles. The first-order valence-corrected chi connectivity index (χ1v) is 6.40. The van der Waals surface area contributed by atoms with Crippen molar-refractivity contribution in [1.29, 1.82) is 0 Å². The van der Waals surface area contributed by atoms with Gasteiger partial charge in [-0.05, 0) is 6.42 Å². The highest BCUT2D eigenvalue weighted by Crippen LogP contribution is 2.27. The zero-order valence-corrected chi connectivity index (χ0v) is 10.6. The lowest BCUT2D eigenvalue weighted by atomic mass is 9.91. The molecule has 1 aliphatic carbocycles. The van der Waals surface area contributed by atoms with Crippen LogP contribution in [0.5, 0.6) is 0 Å². The van der Waals surface area contributed by atoms with E-state index < -0.39 is 0 Å². The number of hydrogen-bond donors (Lipinski definition) is 0. The molecule has 0 fully saturated rings. The molecule has 1 aromatic heterocycles. The molecule has 0 atom stereocenters. The van der Waals surface area contributed by atoms with Gasteiger partial charge in [0.25, 0.3) is 0 Å². The number of ketones is 2. The van der Waals surface area contributed by atoms with E-state index in [0.29, 0.717) is 23.4 Å². The third-order valence-corrected chi connectivity index (χ3v) is 3.25. The summed E-state index contributed by atoms with van der Waals surface area (Å²) in [6.45, 7) is 2.06. The van der Waals surface area contributed by atoms with Gasteiger partial charge < -0.3 is 4.42 Å². The van der Waals surface area contributed by atoms with Gasteiger partial charge in [-0.25, -0.2) is 4.98 Å². The smallest absolute Gasteiger partial charge is 0.231 e. The first-order chi connectivity index (χ1) is 9.22. The van der Waals surface area contributed by atoms with Gasteiger partial charge in [-0.2, -0.15) is 0 Å². The van der Waals surface area contributed by atoms with Crippen molar-refractivity contribution in [1.82, 2.24) is 4.98 Å². The zero-order chi connectivity index (χ0) is 13.4. The molecular weight excluding hydrogens is 242 g/mol. The minimum absolute atomic E-state index is 0.0924. The van der Waals surface area contributed by atoms with Crippen LogP contribution in [0.3, 0.4) is 0 Å². The van der Waals surface area contributed by atoms with Crippen LogP contribution in [0.4, 0.5) is 0 Å². The van der Waals surface area contributed by atoms with Crippen LogP contribution in [0.15, 0.2) is 28.7 Å². The summed E-state index contributed by atoms with van der Waals surface area (Å²) in [7, 11) is 0. The van der Waals surface area contributed by atoms with Crippen molar-refractivity contribution in [2.24, 2.45) is 0 Å². The number of carbonyl (C=O) groups excluding carboxylic acids is 2. The lowest BCUT2D eigenvalue weighted by Crippen LogP contribution is -2.19. The Morgan fingerprint density at radius 1 is 1.11 bits per heavy atom. The normalized spacial score (nSPS) is 13.3. The number of rotatable bonds is 3. The third kappa shape index (κ3) is 1.80. The Morgan fingerprint density at radius 3 is 2.47 bits per heavy atom. The van der Waals surface area contributed by atoms with Gasteiger partial charge in [0.1, 0.15) is 0 Å². The van der Waals surface area contributed by atoms with E-state index in [0.717, 1.165) is 12.8 Å². The molecule has 1 heterocycles. The van der Waals surface area contributed by atoms with Gasteiger partial charge >= 0.3 is 0 Å². The summed E-state index contributed by atoms with van der Waals surface area (Å²) in [4.78, 5) is 28.7. The van der Waals surface area contributed by atoms with Crippen LogP contribution in [0.25, 0.3) is 0 Å². The molecule has 0 aliphatic heterocycles. The van der Waals surface area contributed by atoms with Crippen LogP contribution >= 0.6 is 0 Å². The molecule has 2 aromatic rings. The predicted molar refractivity (Wildman–Crippen MR) is 68.4 cm³/mol. The first-order valence-electron chi connectivity index (χ1n) is 6.40. The van der Waals surface area contributed by atoms with E-state index in [1.165, 1.54) is 0 Å². The standard InChI is InChI=1S/C15H13NO3/c1-2-3-8-11-16-12-13(17)9-6-4-5-7-10(9)14(18)15(12)19-11/h4-7H,2-3,8H2,1H3. The fraction of sp³-hybridized carbons (Fsp3) is 0.267. The molecule has 0 N–H and O–H groups in total. The van der Waals surface area contributed by atoms with Gasteiger partial charge in [0.2, 0.25) is 17.3 Å². The molecule has 0 spiro atoms. The average molecular weight is 255 g/mol. The highest BCUT2D eigenvalue weighted by molar-refractivity contribution is 6.26. The SMILES string of the molecule is CCCCc1nc2c(o1)C(=O)c1ccccc1C2=O. The first kappa shape index (κ1) is 11.8. The molecular formula is C15H13NO3. The van der Waals surface area contributed by atoms with Crippen molar-refractivity contribution < 1.29 is 14.0 Å². The summed E-state index contributed by atoms with van der Waals surface area (Å²) < 4.78 is 5.47. The Kier molecular flexibility index (Phi) is 2.78. The Morgan fingerprint density at radius 2 is 1.79 bits per heavy atom. The maximum Gasteiger partial charge on any atom is 0.231 e. The number of benzene rings is 1. The quantitative estimate of drug-likeness (QED) is 0.722. The topological polar surface area (TPSA) is 60.2 Å². The van der Waals surface area contributed by atoms with Gasteiger partial charge in [-0.1, -0.05) is 37.6 Å². The van der Waals surface area contributed by atoms with Crippen molar-refractivity contribution in [3.63, 3.8) is 0 Å². The summed E-state index contributed by atoms with van der Waals surface area (Å²) >= 11 is 0. The Balaban J connectivity index is 2.07. The molecule has 0 unspecified atom stereocenters. The summed E-state index contributed by atoms with van der Waals surface area (Å²) in [6.07, 6.45) is 2.59. The summed E-state index contributed by atoms with van der Waals surface area (Å²) in [5, 5.41) is 0. The second-order valence-electron chi connectivity index (χ2n) is 4.59. The van der Waals surface area contributed by atoms with Crippen molar-refractivity contribution in [2.45, 2.75) is 26.2 Å².